The van der Waals surface area contributed by atoms with Crippen LogP contribution >= 0.6 is 15.9 Å². The van der Waals surface area contributed by atoms with Crippen LogP contribution < -0.4 is 0 Å². The van der Waals surface area contributed by atoms with Crippen LogP contribution in [0.2, 0.25) is 0 Å². The van der Waals surface area contributed by atoms with Crippen LogP contribution in [0.3, 0.4) is 0 Å². The Morgan fingerprint density at radius 2 is 2.46 bits per heavy atom. The molecule has 1 aromatic rings. The Hall–Kier alpha value is -1.16. The predicted octanol–water partition coefficient (Wildman–Crippen LogP) is 2.03. The normalized spacial score (nSPS) is 10.3. The zero-order chi connectivity index (χ0) is 9.68. The van der Waals surface area contributed by atoms with Gasteiger partial charge in [0.25, 0.3) is 0 Å². The number of methoxy groups -OCH3 is 1. The Balaban J connectivity index is 2.80. The second-order valence-electron chi connectivity index (χ2n) is 2.23. The van der Waals surface area contributed by atoms with Crippen LogP contribution in [0.5, 0.6) is 0 Å². The molecule has 1 aromatic heterocycles. The molecule has 0 spiro atoms. The molecule has 0 aliphatic carbocycles. The summed E-state index contributed by atoms with van der Waals surface area (Å²) in [5.74, 6) is -0.391. The number of hydrogen-bond donors (Lipinski definition) is 0. The van der Waals surface area contributed by atoms with E-state index in [1.165, 1.54) is 13.2 Å². The van der Waals surface area contributed by atoms with E-state index in [1.54, 1.807) is 18.3 Å². The smallest absolute Gasteiger partial charge is 0.330 e. The highest BCUT2D eigenvalue weighted by Crippen LogP contribution is 2.14. The summed E-state index contributed by atoms with van der Waals surface area (Å²) in [7, 11) is 1.33. The number of aromatic nitrogens is 1. The highest BCUT2D eigenvalue weighted by atomic mass is 79.9. The van der Waals surface area contributed by atoms with Gasteiger partial charge in [-0.15, -0.1) is 0 Å². The van der Waals surface area contributed by atoms with Gasteiger partial charge in [-0.2, -0.15) is 0 Å². The maximum absolute atomic E-state index is 10.7. The van der Waals surface area contributed by atoms with E-state index < -0.39 is 5.97 Å². The largest absolute Gasteiger partial charge is 0.466 e. The molecule has 68 valence electrons. The van der Waals surface area contributed by atoms with Crippen molar-refractivity contribution in [2.24, 2.45) is 0 Å². The van der Waals surface area contributed by atoms with E-state index in [4.69, 9.17) is 0 Å². The minimum atomic E-state index is -0.391. The number of esters is 1. The van der Waals surface area contributed by atoms with Crippen molar-refractivity contribution in [1.29, 1.82) is 0 Å². The molecule has 0 saturated carbocycles. The summed E-state index contributed by atoms with van der Waals surface area (Å²) in [6.45, 7) is 0. The fourth-order valence-corrected chi connectivity index (χ4v) is 1.12. The Morgan fingerprint density at radius 1 is 1.69 bits per heavy atom. The molecule has 0 aromatic carbocycles. The van der Waals surface area contributed by atoms with Crippen LogP contribution in [0.25, 0.3) is 6.08 Å². The van der Waals surface area contributed by atoms with E-state index in [0.717, 1.165) is 4.47 Å². The molecular formula is C9H8BrNO2. The molecule has 0 amide bonds. The molecule has 3 nitrogen and oxygen atoms in total. The summed E-state index contributed by atoms with van der Waals surface area (Å²) < 4.78 is 5.29. The number of hydrogen-bond acceptors (Lipinski definition) is 3. The Labute approximate surface area is 84.6 Å². The first-order valence-electron chi connectivity index (χ1n) is 3.60. The molecule has 1 heterocycles. The molecule has 1 rings (SSSR count). The van der Waals surface area contributed by atoms with E-state index in [9.17, 15) is 4.79 Å². The van der Waals surface area contributed by atoms with Crippen molar-refractivity contribution < 1.29 is 9.53 Å². The number of nitrogens with zero attached hydrogens (tertiary/aromatic N) is 1. The lowest BCUT2D eigenvalue weighted by atomic mass is 10.3. The minimum absolute atomic E-state index is 0.391. The molecule has 0 fully saturated rings. The second-order valence-corrected chi connectivity index (χ2v) is 3.08. The van der Waals surface area contributed by atoms with Gasteiger partial charge < -0.3 is 4.74 Å². The zero-order valence-corrected chi connectivity index (χ0v) is 8.61. The zero-order valence-electron chi connectivity index (χ0n) is 7.03. The average molecular weight is 242 g/mol. The van der Waals surface area contributed by atoms with Gasteiger partial charge in [0.15, 0.2) is 0 Å². The summed E-state index contributed by atoms with van der Waals surface area (Å²) >= 11 is 3.30. The minimum Gasteiger partial charge on any atom is -0.466 e. The van der Waals surface area contributed by atoms with Gasteiger partial charge >= 0.3 is 5.97 Å². The molecule has 0 aliphatic rings. The van der Waals surface area contributed by atoms with Crippen LogP contribution in [0.1, 0.15) is 5.69 Å². The summed E-state index contributed by atoms with van der Waals surface area (Å²) in [5.41, 5.74) is 0.702. The molecular weight excluding hydrogens is 234 g/mol. The van der Waals surface area contributed by atoms with Crippen molar-refractivity contribution in [3.05, 3.63) is 34.6 Å². The first-order valence-corrected chi connectivity index (χ1v) is 4.40. The molecule has 0 N–H and O–H groups in total. The van der Waals surface area contributed by atoms with Crippen LogP contribution in [0, 0.1) is 0 Å². The number of carbonyl (C=O) groups excluding carboxylic acids is 1. The lowest BCUT2D eigenvalue weighted by Crippen LogP contribution is -1.93. The van der Waals surface area contributed by atoms with Gasteiger partial charge in [-0.1, -0.05) is 0 Å². The summed E-state index contributed by atoms with van der Waals surface area (Å²) in [6, 6.07) is 3.66. The van der Waals surface area contributed by atoms with Gasteiger partial charge in [-0.25, -0.2) is 4.79 Å². The lowest BCUT2D eigenvalue weighted by molar-refractivity contribution is -0.134. The molecule has 0 unspecified atom stereocenters. The average Bonchev–Trinajstić information content (AvgIpc) is 2.16. The van der Waals surface area contributed by atoms with Crippen molar-refractivity contribution in [3.8, 4) is 0 Å². The third-order valence-corrected chi connectivity index (χ3v) is 2.04. The van der Waals surface area contributed by atoms with E-state index in [-0.39, 0.29) is 0 Å². The van der Waals surface area contributed by atoms with Crippen LogP contribution in [-0.4, -0.2) is 18.1 Å². The van der Waals surface area contributed by atoms with Gasteiger partial charge in [0.05, 0.1) is 12.8 Å². The highest BCUT2D eigenvalue weighted by Gasteiger charge is 1.96. The van der Waals surface area contributed by atoms with Crippen LogP contribution in [0.4, 0.5) is 0 Å². The van der Waals surface area contributed by atoms with E-state index in [1.807, 2.05) is 6.07 Å². The fourth-order valence-electron chi connectivity index (χ4n) is 0.736. The Kier molecular flexibility index (Phi) is 3.64. The standard InChI is InChI=1S/C9H8BrNO2/c1-13-9(12)5-4-8-7(10)3-2-6-11-8/h2-6H,1H3. The van der Waals surface area contributed by atoms with Crippen molar-refractivity contribution in [3.63, 3.8) is 0 Å². The van der Waals surface area contributed by atoms with Crippen LogP contribution in [-0.2, 0) is 9.53 Å². The molecule has 0 saturated heterocycles. The molecule has 13 heavy (non-hydrogen) atoms. The predicted molar refractivity (Wildman–Crippen MR) is 53.0 cm³/mol. The van der Waals surface area contributed by atoms with E-state index in [0.29, 0.717) is 5.69 Å². The van der Waals surface area contributed by atoms with Crippen molar-refractivity contribution in [2.45, 2.75) is 0 Å². The van der Waals surface area contributed by atoms with Gasteiger partial charge in [-0.3, -0.25) is 4.98 Å². The summed E-state index contributed by atoms with van der Waals surface area (Å²) in [5, 5.41) is 0. The molecule has 0 atom stereocenters. The quantitative estimate of drug-likeness (QED) is 0.588. The SMILES string of the molecule is COC(=O)C=Cc1ncccc1Br. The van der Waals surface area contributed by atoms with Gasteiger partial charge in [0.2, 0.25) is 0 Å². The van der Waals surface area contributed by atoms with E-state index in [2.05, 4.69) is 25.7 Å². The molecule has 0 radical (unpaired) electrons. The van der Waals surface area contributed by atoms with Gasteiger partial charge in [0.1, 0.15) is 0 Å². The molecule has 4 heteroatoms. The third kappa shape index (κ3) is 2.99. The number of halogens is 1. The first-order chi connectivity index (χ1) is 6.24. The second kappa shape index (κ2) is 4.77. The summed E-state index contributed by atoms with van der Waals surface area (Å²) in [4.78, 5) is 14.8. The maximum atomic E-state index is 10.7. The maximum Gasteiger partial charge on any atom is 0.330 e. The number of rotatable bonds is 2. The monoisotopic (exact) mass is 241 g/mol. The lowest BCUT2D eigenvalue weighted by Gasteiger charge is -1.94. The number of pyridine rings is 1. The molecule has 0 aliphatic heterocycles. The number of ether oxygens (including phenoxy) is 1. The van der Waals surface area contributed by atoms with Gasteiger partial charge in [-0.05, 0) is 34.1 Å². The highest BCUT2D eigenvalue weighted by molar-refractivity contribution is 9.10. The van der Waals surface area contributed by atoms with Gasteiger partial charge in [0, 0.05) is 16.7 Å². The summed E-state index contributed by atoms with van der Waals surface area (Å²) in [6.07, 6.45) is 4.57. The first kappa shape index (κ1) is 9.92. The topological polar surface area (TPSA) is 39.2 Å². The van der Waals surface area contributed by atoms with Crippen molar-refractivity contribution >= 4 is 28.0 Å². The fraction of sp³-hybridized carbons (Fsp3) is 0.111. The van der Waals surface area contributed by atoms with Crippen molar-refractivity contribution in [1.82, 2.24) is 4.98 Å². The molecule has 0 bridgehead atoms. The Bertz CT molecular complexity index is 336. The van der Waals surface area contributed by atoms with Crippen molar-refractivity contribution in [2.75, 3.05) is 7.11 Å². The van der Waals surface area contributed by atoms with Crippen LogP contribution in [0.15, 0.2) is 28.9 Å². The third-order valence-electron chi connectivity index (χ3n) is 1.37. The van der Waals surface area contributed by atoms with E-state index >= 15 is 0 Å². The Morgan fingerprint density at radius 3 is 3.08 bits per heavy atom. The number of carbonyl (C=O) groups is 1.